The Morgan fingerprint density at radius 3 is 2.44 bits per heavy atom. The highest BCUT2D eigenvalue weighted by Gasteiger charge is 2.31. The van der Waals surface area contributed by atoms with Crippen molar-refractivity contribution >= 4 is 12.3 Å². The molecule has 0 aromatic heterocycles. The van der Waals surface area contributed by atoms with E-state index >= 15 is 0 Å². The van der Waals surface area contributed by atoms with E-state index in [1.807, 2.05) is 0 Å². The summed E-state index contributed by atoms with van der Waals surface area (Å²) in [7, 11) is 1.39. The maximum atomic E-state index is 12.9. The van der Waals surface area contributed by atoms with Gasteiger partial charge in [0.2, 0.25) is 0 Å². The van der Waals surface area contributed by atoms with Gasteiger partial charge >= 0.3 is 12.1 Å². The van der Waals surface area contributed by atoms with E-state index < -0.39 is 23.6 Å². The molecule has 1 atom stereocenters. The van der Waals surface area contributed by atoms with Crippen molar-refractivity contribution in [2.45, 2.75) is 25.9 Å². The molecule has 0 bridgehead atoms. The molecule has 0 radical (unpaired) electrons. The first kappa shape index (κ1) is 20.5. The highest BCUT2D eigenvalue weighted by molar-refractivity contribution is 5.91. The molecule has 4 nitrogen and oxygen atoms in total. The molecule has 144 valence electrons. The van der Waals surface area contributed by atoms with Gasteiger partial charge in [-0.05, 0) is 31.5 Å². The van der Waals surface area contributed by atoms with Crippen molar-refractivity contribution in [2.24, 2.45) is 0 Å². The number of ether oxygens (including phenoxy) is 2. The number of alkyl halides is 3. The zero-order chi connectivity index (χ0) is 20.2. The quantitative estimate of drug-likeness (QED) is 0.531. The van der Waals surface area contributed by atoms with Gasteiger partial charge in [-0.2, -0.15) is 13.2 Å². The first-order chi connectivity index (χ1) is 12.7. The summed E-state index contributed by atoms with van der Waals surface area (Å²) in [4.78, 5) is 23.5. The van der Waals surface area contributed by atoms with E-state index in [-0.39, 0.29) is 17.7 Å². The van der Waals surface area contributed by atoms with Crippen LogP contribution in [-0.4, -0.2) is 26.0 Å². The molecule has 2 rings (SSSR count). The Morgan fingerprint density at radius 2 is 1.89 bits per heavy atom. The van der Waals surface area contributed by atoms with Crippen LogP contribution < -0.4 is 4.74 Å². The Bertz CT molecular complexity index is 844. The van der Waals surface area contributed by atoms with Crippen LogP contribution in [0.25, 0.3) is 11.1 Å². The summed E-state index contributed by atoms with van der Waals surface area (Å²) in [6.45, 7) is 3.56. The molecule has 0 aliphatic carbocycles. The summed E-state index contributed by atoms with van der Waals surface area (Å²) >= 11 is 0. The summed E-state index contributed by atoms with van der Waals surface area (Å²) in [6.07, 6.45) is -4.19. The molecule has 27 heavy (non-hydrogen) atoms. The molecule has 2 aromatic carbocycles. The third kappa shape index (κ3) is 4.30. The van der Waals surface area contributed by atoms with Crippen LogP contribution in [0, 0.1) is 0 Å². The number of benzene rings is 2. The van der Waals surface area contributed by atoms with Gasteiger partial charge in [0.15, 0.2) is 6.29 Å². The fourth-order valence-electron chi connectivity index (χ4n) is 2.81. The van der Waals surface area contributed by atoms with Gasteiger partial charge < -0.3 is 9.47 Å². The number of rotatable bonds is 6. The highest BCUT2D eigenvalue weighted by atomic mass is 19.4. The van der Waals surface area contributed by atoms with Gasteiger partial charge in [0.1, 0.15) is 5.75 Å². The summed E-state index contributed by atoms with van der Waals surface area (Å²) in [5.74, 6) is -0.786. The predicted molar refractivity (Wildman–Crippen MR) is 93.9 cm³/mol. The van der Waals surface area contributed by atoms with E-state index in [0.717, 1.165) is 12.1 Å². The molecule has 0 spiro atoms. The topological polar surface area (TPSA) is 52.6 Å². The van der Waals surface area contributed by atoms with Gasteiger partial charge in [-0.15, -0.1) is 0 Å². The normalized spacial score (nSPS) is 12.4. The van der Waals surface area contributed by atoms with Gasteiger partial charge in [0.05, 0.1) is 25.2 Å². The minimum Gasteiger partial charge on any atom is -0.496 e. The zero-order valence-corrected chi connectivity index (χ0v) is 15.1. The van der Waals surface area contributed by atoms with Crippen molar-refractivity contribution in [1.82, 2.24) is 0 Å². The van der Waals surface area contributed by atoms with E-state index in [0.29, 0.717) is 23.2 Å². The third-order valence-electron chi connectivity index (χ3n) is 4.15. The molecule has 2 aromatic rings. The predicted octanol–water partition coefficient (Wildman–Crippen LogP) is 4.86. The van der Waals surface area contributed by atoms with Crippen molar-refractivity contribution in [3.05, 3.63) is 53.1 Å². The highest BCUT2D eigenvalue weighted by Crippen LogP contribution is 2.40. The second kappa shape index (κ2) is 8.24. The molecule has 0 N–H and O–H groups in total. The SMILES string of the molecule is CCOC(=O)C(C)c1cccc(-c2ccc(C(F)(F)F)cc2C=O)c1OC. The van der Waals surface area contributed by atoms with Gasteiger partial charge in [-0.25, -0.2) is 0 Å². The molecule has 0 saturated carbocycles. The smallest absolute Gasteiger partial charge is 0.416 e. The largest absolute Gasteiger partial charge is 0.496 e. The van der Waals surface area contributed by atoms with Gasteiger partial charge in [0, 0.05) is 16.7 Å². The number of methoxy groups -OCH3 is 1. The zero-order valence-electron chi connectivity index (χ0n) is 15.1. The number of carbonyl (C=O) groups excluding carboxylic acids is 2. The average molecular weight is 380 g/mol. The van der Waals surface area contributed by atoms with Crippen LogP contribution in [0.15, 0.2) is 36.4 Å². The minimum atomic E-state index is -4.55. The maximum Gasteiger partial charge on any atom is 0.416 e. The second-order valence-electron chi connectivity index (χ2n) is 5.82. The summed E-state index contributed by atoms with van der Waals surface area (Å²) in [6, 6.07) is 7.87. The van der Waals surface area contributed by atoms with Crippen molar-refractivity contribution in [3.8, 4) is 16.9 Å². The van der Waals surface area contributed by atoms with Crippen molar-refractivity contribution in [3.63, 3.8) is 0 Å². The van der Waals surface area contributed by atoms with E-state index in [4.69, 9.17) is 9.47 Å². The monoisotopic (exact) mass is 380 g/mol. The van der Waals surface area contributed by atoms with Crippen LogP contribution in [-0.2, 0) is 15.7 Å². The average Bonchev–Trinajstić information content (AvgIpc) is 2.65. The summed E-state index contributed by atoms with van der Waals surface area (Å²) < 4.78 is 49.2. The van der Waals surface area contributed by atoms with Crippen LogP contribution in [0.2, 0.25) is 0 Å². The van der Waals surface area contributed by atoms with Crippen LogP contribution >= 0.6 is 0 Å². The molecular formula is C20H19F3O4. The van der Waals surface area contributed by atoms with Gasteiger partial charge in [-0.3, -0.25) is 9.59 Å². The molecule has 0 aliphatic rings. The number of hydrogen-bond donors (Lipinski definition) is 0. The van der Waals surface area contributed by atoms with Crippen LogP contribution in [0.3, 0.4) is 0 Å². The number of carbonyl (C=O) groups is 2. The Hall–Kier alpha value is -2.83. The van der Waals surface area contributed by atoms with Gasteiger partial charge in [-0.1, -0.05) is 24.3 Å². The Kier molecular flexibility index (Phi) is 6.25. The molecule has 0 saturated heterocycles. The van der Waals surface area contributed by atoms with Crippen molar-refractivity contribution in [2.75, 3.05) is 13.7 Å². The third-order valence-corrected chi connectivity index (χ3v) is 4.15. The van der Waals surface area contributed by atoms with E-state index in [1.54, 1.807) is 32.0 Å². The summed E-state index contributed by atoms with van der Waals surface area (Å²) in [5.41, 5.74) is 0.187. The number of para-hydroxylation sites is 1. The fraction of sp³-hybridized carbons (Fsp3) is 0.300. The number of esters is 1. The van der Waals surface area contributed by atoms with Crippen molar-refractivity contribution < 1.29 is 32.2 Å². The van der Waals surface area contributed by atoms with Crippen molar-refractivity contribution in [1.29, 1.82) is 0 Å². The van der Waals surface area contributed by atoms with E-state index in [9.17, 15) is 22.8 Å². The summed E-state index contributed by atoms with van der Waals surface area (Å²) in [5, 5.41) is 0. The Balaban J connectivity index is 2.61. The lowest BCUT2D eigenvalue weighted by Gasteiger charge is -2.19. The molecule has 1 unspecified atom stereocenters. The van der Waals surface area contributed by atoms with Crippen LogP contribution in [0.4, 0.5) is 13.2 Å². The molecule has 0 amide bonds. The molecule has 0 fully saturated rings. The standard InChI is InChI=1S/C20H19F3O4/c1-4-27-19(25)12(2)15-6-5-7-17(18(15)26-3)16-9-8-14(20(21,22)23)10-13(16)11-24/h5-12H,4H2,1-3H3. The van der Waals surface area contributed by atoms with E-state index in [1.165, 1.54) is 13.2 Å². The lowest BCUT2D eigenvalue weighted by atomic mass is 9.92. The van der Waals surface area contributed by atoms with Crippen LogP contribution in [0.5, 0.6) is 5.75 Å². The molecule has 0 heterocycles. The minimum absolute atomic E-state index is 0.121. The Labute approximate surface area is 154 Å². The second-order valence-corrected chi connectivity index (χ2v) is 5.82. The van der Waals surface area contributed by atoms with Crippen LogP contribution in [0.1, 0.15) is 41.3 Å². The number of halogens is 3. The maximum absolute atomic E-state index is 12.9. The number of hydrogen-bond acceptors (Lipinski definition) is 4. The number of aldehydes is 1. The van der Waals surface area contributed by atoms with Gasteiger partial charge in [0.25, 0.3) is 0 Å². The van der Waals surface area contributed by atoms with E-state index in [2.05, 4.69) is 0 Å². The first-order valence-corrected chi connectivity index (χ1v) is 8.24. The fourth-order valence-corrected chi connectivity index (χ4v) is 2.81. The lowest BCUT2D eigenvalue weighted by molar-refractivity contribution is -0.144. The molecule has 7 heteroatoms. The Morgan fingerprint density at radius 1 is 1.19 bits per heavy atom. The lowest BCUT2D eigenvalue weighted by Crippen LogP contribution is -2.14. The molecule has 0 aliphatic heterocycles. The molecular weight excluding hydrogens is 361 g/mol. The first-order valence-electron chi connectivity index (χ1n) is 8.24.